The van der Waals surface area contributed by atoms with Gasteiger partial charge in [-0.3, -0.25) is 0 Å². The second kappa shape index (κ2) is 5.88. The summed E-state index contributed by atoms with van der Waals surface area (Å²) in [4.78, 5) is 2.65. The first-order valence-corrected chi connectivity index (χ1v) is 7.96. The largest absolute Gasteiger partial charge is 0.507 e. The molecule has 0 fully saturated rings. The first-order chi connectivity index (χ1) is 10.1. The molecule has 1 unspecified atom stereocenters. The van der Waals surface area contributed by atoms with E-state index >= 15 is 0 Å². The number of hydrogen-bond donors (Lipinski definition) is 2. The lowest BCUT2D eigenvalue weighted by Gasteiger charge is -2.16. The molecule has 0 aliphatic heterocycles. The Morgan fingerprint density at radius 1 is 1.10 bits per heavy atom. The lowest BCUT2D eigenvalue weighted by atomic mass is 10.0. The van der Waals surface area contributed by atoms with Gasteiger partial charge >= 0.3 is 0 Å². The van der Waals surface area contributed by atoms with E-state index in [4.69, 9.17) is 0 Å². The molecule has 0 saturated carbocycles. The van der Waals surface area contributed by atoms with Crippen molar-refractivity contribution in [1.82, 2.24) is 5.32 Å². The summed E-state index contributed by atoms with van der Waals surface area (Å²) in [7, 11) is 0. The van der Waals surface area contributed by atoms with Crippen LogP contribution in [0.2, 0.25) is 0 Å². The van der Waals surface area contributed by atoms with Gasteiger partial charge in [-0.15, -0.1) is 11.3 Å². The van der Waals surface area contributed by atoms with E-state index in [1.54, 1.807) is 11.3 Å². The molecule has 3 rings (SSSR count). The van der Waals surface area contributed by atoms with E-state index in [2.05, 4.69) is 37.4 Å². The Labute approximate surface area is 129 Å². The molecule has 2 aromatic carbocycles. The molecule has 0 aliphatic rings. The number of phenols is 1. The fraction of sp³-hybridized carbons (Fsp3) is 0.222. The molecule has 0 spiro atoms. The smallest absolute Gasteiger partial charge is 0.128 e. The molecule has 0 saturated heterocycles. The fourth-order valence-corrected chi connectivity index (χ4v) is 3.41. The molecular formula is C18H19NOS. The highest BCUT2D eigenvalue weighted by molar-refractivity contribution is 7.11. The zero-order valence-electron chi connectivity index (χ0n) is 12.3. The minimum Gasteiger partial charge on any atom is -0.507 e. The van der Waals surface area contributed by atoms with Crippen molar-refractivity contribution in [3.63, 3.8) is 0 Å². The Balaban J connectivity index is 1.81. The SMILES string of the molecule is Cc1ccc(CNC(C)c2ccc3ccccc3c2O)s1. The fourth-order valence-electron chi connectivity index (χ4n) is 2.57. The highest BCUT2D eigenvalue weighted by Gasteiger charge is 2.12. The van der Waals surface area contributed by atoms with Gasteiger partial charge in [-0.25, -0.2) is 0 Å². The van der Waals surface area contributed by atoms with Gasteiger partial charge in [0.15, 0.2) is 0 Å². The predicted octanol–water partition coefficient (Wildman–Crippen LogP) is 4.77. The monoisotopic (exact) mass is 297 g/mol. The molecule has 3 heteroatoms. The molecule has 0 bridgehead atoms. The summed E-state index contributed by atoms with van der Waals surface area (Å²) in [6.07, 6.45) is 0. The Kier molecular flexibility index (Phi) is 3.95. The van der Waals surface area contributed by atoms with Gasteiger partial charge in [0.2, 0.25) is 0 Å². The van der Waals surface area contributed by atoms with Gasteiger partial charge in [-0.05, 0) is 31.4 Å². The number of aromatic hydroxyl groups is 1. The summed E-state index contributed by atoms with van der Waals surface area (Å²) < 4.78 is 0. The third-order valence-corrected chi connectivity index (χ3v) is 4.78. The van der Waals surface area contributed by atoms with Crippen LogP contribution in [-0.4, -0.2) is 5.11 Å². The summed E-state index contributed by atoms with van der Waals surface area (Å²) in [6.45, 7) is 5.03. The van der Waals surface area contributed by atoms with Gasteiger partial charge in [0.05, 0.1) is 0 Å². The lowest BCUT2D eigenvalue weighted by molar-refractivity contribution is 0.459. The Hall–Kier alpha value is -1.84. The molecule has 3 aromatic rings. The maximum atomic E-state index is 10.5. The zero-order valence-corrected chi connectivity index (χ0v) is 13.1. The standard InChI is InChI=1S/C18H19NOS/c1-12-7-9-15(21-12)11-19-13(2)16-10-8-14-5-3-4-6-17(14)18(16)20/h3-10,13,19-20H,11H2,1-2H3. The third-order valence-electron chi connectivity index (χ3n) is 3.78. The number of thiophene rings is 1. The summed E-state index contributed by atoms with van der Waals surface area (Å²) in [5.74, 6) is 0.385. The van der Waals surface area contributed by atoms with Crippen LogP contribution in [-0.2, 0) is 6.54 Å². The van der Waals surface area contributed by atoms with Crippen LogP contribution in [0.25, 0.3) is 10.8 Å². The molecule has 0 radical (unpaired) electrons. The van der Waals surface area contributed by atoms with Crippen LogP contribution in [0.4, 0.5) is 0 Å². The number of nitrogens with one attached hydrogen (secondary N) is 1. The highest BCUT2D eigenvalue weighted by Crippen LogP contribution is 2.32. The molecule has 2 nitrogen and oxygen atoms in total. The van der Waals surface area contributed by atoms with Crippen molar-refractivity contribution < 1.29 is 5.11 Å². The topological polar surface area (TPSA) is 32.3 Å². The minimum atomic E-state index is 0.108. The molecule has 0 amide bonds. The lowest BCUT2D eigenvalue weighted by Crippen LogP contribution is -2.17. The number of fused-ring (bicyclic) bond motifs is 1. The predicted molar refractivity (Wildman–Crippen MR) is 89.9 cm³/mol. The molecule has 21 heavy (non-hydrogen) atoms. The van der Waals surface area contributed by atoms with Crippen LogP contribution in [0.5, 0.6) is 5.75 Å². The van der Waals surface area contributed by atoms with Crippen molar-refractivity contribution in [1.29, 1.82) is 0 Å². The molecule has 108 valence electrons. The Morgan fingerprint density at radius 2 is 1.90 bits per heavy atom. The van der Waals surface area contributed by atoms with Crippen LogP contribution in [0.1, 0.15) is 28.3 Å². The summed E-state index contributed by atoms with van der Waals surface area (Å²) >= 11 is 1.81. The quantitative estimate of drug-likeness (QED) is 0.727. The van der Waals surface area contributed by atoms with Crippen LogP contribution in [0.3, 0.4) is 0 Å². The van der Waals surface area contributed by atoms with Gasteiger partial charge < -0.3 is 10.4 Å². The summed E-state index contributed by atoms with van der Waals surface area (Å²) in [5, 5.41) is 16.0. The molecule has 1 heterocycles. The Bertz CT molecular complexity index is 763. The van der Waals surface area contributed by atoms with E-state index in [1.165, 1.54) is 9.75 Å². The molecule has 1 atom stereocenters. The van der Waals surface area contributed by atoms with Crippen LogP contribution in [0, 0.1) is 6.92 Å². The van der Waals surface area contributed by atoms with E-state index in [0.717, 1.165) is 22.9 Å². The number of benzene rings is 2. The van der Waals surface area contributed by atoms with Crippen molar-refractivity contribution >= 4 is 22.1 Å². The van der Waals surface area contributed by atoms with E-state index < -0.39 is 0 Å². The minimum absolute atomic E-state index is 0.108. The molecule has 1 aromatic heterocycles. The van der Waals surface area contributed by atoms with Crippen LogP contribution in [0.15, 0.2) is 48.5 Å². The normalized spacial score (nSPS) is 12.7. The number of hydrogen-bond acceptors (Lipinski definition) is 3. The van der Waals surface area contributed by atoms with E-state index in [1.807, 2.05) is 30.3 Å². The van der Waals surface area contributed by atoms with Crippen LogP contribution >= 0.6 is 11.3 Å². The number of rotatable bonds is 4. The summed E-state index contributed by atoms with van der Waals surface area (Å²) in [6, 6.07) is 16.4. The molecule has 2 N–H and O–H groups in total. The van der Waals surface area contributed by atoms with E-state index in [-0.39, 0.29) is 6.04 Å². The maximum Gasteiger partial charge on any atom is 0.128 e. The van der Waals surface area contributed by atoms with E-state index in [0.29, 0.717) is 5.75 Å². The average Bonchev–Trinajstić information content (AvgIpc) is 2.91. The van der Waals surface area contributed by atoms with Gasteiger partial charge in [0, 0.05) is 33.3 Å². The highest BCUT2D eigenvalue weighted by atomic mass is 32.1. The summed E-state index contributed by atoms with van der Waals surface area (Å²) in [5.41, 5.74) is 0.946. The first-order valence-electron chi connectivity index (χ1n) is 7.14. The van der Waals surface area contributed by atoms with Crippen molar-refractivity contribution in [3.05, 3.63) is 63.8 Å². The van der Waals surface area contributed by atoms with Gasteiger partial charge in [-0.1, -0.05) is 36.4 Å². The first kappa shape index (κ1) is 14.1. The van der Waals surface area contributed by atoms with Gasteiger partial charge in [0.1, 0.15) is 5.75 Å². The average molecular weight is 297 g/mol. The second-order valence-electron chi connectivity index (χ2n) is 5.34. The molecule has 0 aliphatic carbocycles. The van der Waals surface area contributed by atoms with Crippen molar-refractivity contribution in [2.45, 2.75) is 26.4 Å². The van der Waals surface area contributed by atoms with Crippen LogP contribution < -0.4 is 5.32 Å². The van der Waals surface area contributed by atoms with Gasteiger partial charge in [0.25, 0.3) is 0 Å². The Morgan fingerprint density at radius 3 is 2.67 bits per heavy atom. The third kappa shape index (κ3) is 2.94. The van der Waals surface area contributed by atoms with E-state index in [9.17, 15) is 5.11 Å². The number of aryl methyl sites for hydroxylation is 1. The van der Waals surface area contributed by atoms with Crippen molar-refractivity contribution in [2.75, 3.05) is 0 Å². The molecular weight excluding hydrogens is 278 g/mol. The van der Waals surface area contributed by atoms with Crippen molar-refractivity contribution in [2.24, 2.45) is 0 Å². The zero-order chi connectivity index (χ0) is 14.8. The second-order valence-corrected chi connectivity index (χ2v) is 6.71. The van der Waals surface area contributed by atoms with Gasteiger partial charge in [-0.2, -0.15) is 0 Å². The van der Waals surface area contributed by atoms with Crippen molar-refractivity contribution in [3.8, 4) is 5.75 Å². The maximum absolute atomic E-state index is 10.5. The number of phenolic OH excluding ortho intramolecular Hbond substituents is 1.